The molecule has 4 aromatic rings. The molecule has 23 heavy (non-hydrogen) atoms. The second-order valence-electron chi connectivity index (χ2n) is 5.62. The van der Waals surface area contributed by atoms with Crippen LogP contribution in [-0.4, -0.2) is 10.2 Å². The average Bonchev–Trinajstić information content (AvgIpc) is 2.63. The summed E-state index contributed by atoms with van der Waals surface area (Å²) >= 11 is 0. The van der Waals surface area contributed by atoms with Gasteiger partial charge in [0.25, 0.3) is 0 Å². The van der Waals surface area contributed by atoms with E-state index in [1.807, 2.05) is 6.07 Å². The molecule has 0 bridgehead atoms. The smallest absolute Gasteiger partial charge is 0.0622 e. The molecule has 1 heteroatoms. The summed E-state index contributed by atoms with van der Waals surface area (Å²) in [6.45, 7) is 0. The molecule has 0 aromatic heterocycles. The van der Waals surface area contributed by atoms with Gasteiger partial charge in [-0.2, -0.15) is 0 Å². The minimum atomic E-state index is 1.16. The molecule has 0 aliphatic carbocycles. The maximum absolute atomic E-state index is 3.85. The van der Waals surface area contributed by atoms with Gasteiger partial charge >= 0.3 is 0 Å². The maximum Gasteiger partial charge on any atom is 0.0729 e. The van der Waals surface area contributed by atoms with Gasteiger partial charge in [0.1, 0.15) is 0 Å². The molecule has 0 unspecified atom stereocenters. The fourth-order valence-corrected chi connectivity index (χ4v) is 3.52. The Kier molecular flexibility index (Phi) is 3.56. The molecule has 0 spiro atoms. The molecule has 0 nitrogen and oxygen atoms in total. The van der Waals surface area contributed by atoms with Gasteiger partial charge in [0.05, 0.1) is 10.2 Å². The molecule has 107 valence electrons. The van der Waals surface area contributed by atoms with Crippen LogP contribution in [0.5, 0.6) is 0 Å². The molecule has 0 saturated heterocycles. The van der Waals surface area contributed by atoms with Crippen LogP contribution in [0.15, 0.2) is 78.9 Å². The number of hydrogen-bond donors (Lipinski definition) is 0. The van der Waals surface area contributed by atoms with E-state index in [2.05, 4.69) is 95.2 Å². The highest BCUT2D eigenvalue weighted by atomic mass is 28.1. The molecule has 0 amide bonds. The lowest BCUT2D eigenvalue weighted by molar-refractivity contribution is 1.66. The topological polar surface area (TPSA) is 0 Å². The first-order valence-electron chi connectivity index (χ1n) is 7.73. The largest absolute Gasteiger partial charge is 0.0729 e. The van der Waals surface area contributed by atoms with Crippen LogP contribution in [0.3, 0.4) is 0 Å². The fourth-order valence-electron chi connectivity index (χ4n) is 3.09. The fraction of sp³-hybridized carbons (Fsp3) is 0. The predicted octanol–water partition coefficient (Wildman–Crippen LogP) is 4.96. The van der Waals surface area contributed by atoms with E-state index in [4.69, 9.17) is 0 Å². The van der Waals surface area contributed by atoms with E-state index in [0.29, 0.717) is 0 Å². The van der Waals surface area contributed by atoms with E-state index in [1.165, 1.54) is 32.7 Å². The molecular weight excluding hydrogens is 292 g/mol. The Morgan fingerprint density at radius 1 is 0.522 bits per heavy atom. The lowest BCUT2D eigenvalue weighted by atomic mass is 9.96. The van der Waals surface area contributed by atoms with Gasteiger partial charge < -0.3 is 0 Å². The normalized spacial score (nSPS) is 11.5. The zero-order chi connectivity index (χ0) is 15.6. The molecule has 4 rings (SSSR count). The Hall–Kier alpha value is -2.64. The van der Waals surface area contributed by atoms with E-state index < -0.39 is 0 Å². The van der Waals surface area contributed by atoms with Crippen LogP contribution in [0, 0.1) is 0 Å². The minimum absolute atomic E-state index is 1.16. The summed E-state index contributed by atoms with van der Waals surface area (Å²) in [5, 5.41) is 6.19. The monoisotopic (exact) mass is 307 g/mol. The summed E-state index contributed by atoms with van der Waals surface area (Å²) in [5.41, 5.74) is 2.48. The van der Waals surface area contributed by atoms with Crippen LogP contribution in [0.2, 0.25) is 0 Å². The Labute approximate surface area is 139 Å². The van der Waals surface area contributed by atoms with Crippen molar-refractivity contribution in [3.8, 4) is 0 Å². The minimum Gasteiger partial charge on any atom is -0.0622 e. The second-order valence-corrected chi connectivity index (χ2v) is 6.12. The third-order valence-electron chi connectivity index (χ3n) is 4.22. The lowest BCUT2D eigenvalue weighted by Crippen LogP contribution is -2.07. The zero-order valence-corrected chi connectivity index (χ0v) is 13.7. The summed E-state index contributed by atoms with van der Waals surface area (Å²) in [5.74, 6) is 0. The highest BCUT2D eigenvalue weighted by Crippen LogP contribution is 2.28. The van der Waals surface area contributed by atoms with Gasteiger partial charge in [-0.25, -0.2) is 0 Å². The Morgan fingerprint density at radius 2 is 1.00 bits per heavy atom. The first-order valence-corrected chi connectivity index (χ1v) is 8.23. The third-order valence-corrected chi connectivity index (χ3v) is 4.75. The van der Waals surface area contributed by atoms with Crippen molar-refractivity contribution < 1.29 is 0 Å². The van der Waals surface area contributed by atoms with Crippen LogP contribution in [0.25, 0.3) is 33.7 Å². The van der Waals surface area contributed by atoms with Gasteiger partial charge in [-0.1, -0.05) is 96.2 Å². The van der Waals surface area contributed by atoms with Gasteiger partial charge in [-0.05, 0) is 32.7 Å². The SMILES string of the molecule is [Si]c1c2ccccc2c(/C=C/c2ccccc2)c2ccccc12. The van der Waals surface area contributed by atoms with Crippen molar-refractivity contribution in [3.63, 3.8) is 0 Å². The molecule has 0 N–H and O–H groups in total. The summed E-state index contributed by atoms with van der Waals surface area (Å²) in [4.78, 5) is 0. The van der Waals surface area contributed by atoms with Gasteiger partial charge in [-0.3, -0.25) is 0 Å². The molecule has 0 aliphatic rings. The Morgan fingerprint density at radius 3 is 1.57 bits per heavy atom. The van der Waals surface area contributed by atoms with Gasteiger partial charge in [0.15, 0.2) is 0 Å². The van der Waals surface area contributed by atoms with E-state index in [0.717, 1.165) is 5.19 Å². The second kappa shape index (κ2) is 5.86. The van der Waals surface area contributed by atoms with Crippen molar-refractivity contribution in [1.29, 1.82) is 0 Å². The quantitative estimate of drug-likeness (QED) is 0.279. The van der Waals surface area contributed by atoms with Crippen molar-refractivity contribution in [2.24, 2.45) is 0 Å². The number of benzene rings is 4. The molecule has 0 fully saturated rings. The van der Waals surface area contributed by atoms with Crippen molar-refractivity contribution in [3.05, 3.63) is 90.0 Å². The average molecular weight is 307 g/mol. The van der Waals surface area contributed by atoms with E-state index in [-0.39, 0.29) is 0 Å². The van der Waals surface area contributed by atoms with Crippen molar-refractivity contribution in [2.45, 2.75) is 0 Å². The molecular formula is C22H15Si. The Bertz CT molecular complexity index is 957. The first-order chi connectivity index (χ1) is 11.3. The molecule has 0 heterocycles. The van der Waals surface area contributed by atoms with Crippen molar-refractivity contribution >= 4 is 49.1 Å². The van der Waals surface area contributed by atoms with Gasteiger partial charge in [0.2, 0.25) is 0 Å². The van der Waals surface area contributed by atoms with Crippen LogP contribution in [0.4, 0.5) is 0 Å². The van der Waals surface area contributed by atoms with Gasteiger partial charge in [-0.15, -0.1) is 0 Å². The Balaban J connectivity index is 2.03. The summed E-state index contributed by atoms with van der Waals surface area (Å²) in [7, 11) is 3.85. The number of fused-ring (bicyclic) bond motifs is 2. The predicted molar refractivity (Wildman–Crippen MR) is 102 cm³/mol. The maximum atomic E-state index is 3.85. The van der Waals surface area contributed by atoms with Crippen LogP contribution in [0.1, 0.15) is 11.1 Å². The standard InChI is InChI=1S/C22H15Si/c23-22-20-12-6-4-10-17(20)19(18-11-5-7-13-21(18)22)15-14-16-8-2-1-3-9-16/h1-15H/b15-14+. The van der Waals surface area contributed by atoms with Crippen molar-refractivity contribution in [1.82, 2.24) is 0 Å². The summed E-state index contributed by atoms with van der Waals surface area (Å²) in [6, 6.07) is 27.5. The molecule has 3 radical (unpaired) electrons. The lowest BCUT2D eigenvalue weighted by Gasteiger charge is -2.12. The first kappa shape index (κ1) is 14.0. The third kappa shape index (κ3) is 2.49. The molecule has 4 aromatic carbocycles. The van der Waals surface area contributed by atoms with E-state index in [1.54, 1.807) is 0 Å². The molecule has 0 atom stereocenters. The summed E-state index contributed by atoms with van der Waals surface area (Å²) in [6.07, 6.45) is 4.41. The molecule has 0 saturated carbocycles. The van der Waals surface area contributed by atoms with Crippen LogP contribution >= 0.6 is 0 Å². The van der Waals surface area contributed by atoms with Crippen LogP contribution in [-0.2, 0) is 0 Å². The van der Waals surface area contributed by atoms with Crippen LogP contribution < -0.4 is 5.19 Å². The molecule has 0 aliphatic heterocycles. The van der Waals surface area contributed by atoms with E-state index in [9.17, 15) is 0 Å². The number of rotatable bonds is 2. The highest BCUT2D eigenvalue weighted by Gasteiger charge is 2.08. The number of hydrogen-bond acceptors (Lipinski definition) is 0. The highest BCUT2D eigenvalue weighted by molar-refractivity contribution is 6.46. The zero-order valence-electron chi connectivity index (χ0n) is 12.7. The van der Waals surface area contributed by atoms with Gasteiger partial charge in [0, 0.05) is 0 Å². The summed E-state index contributed by atoms with van der Waals surface area (Å²) < 4.78 is 0. The van der Waals surface area contributed by atoms with Crippen molar-refractivity contribution in [2.75, 3.05) is 0 Å². The van der Waals surface area contributed by atoms with E-state index >= 15 is 0 Å².